The zero-order valence-corrected chi connectivity index (χ0v) is 21.5. The number of rotatable bonds is 6. The normalized spacial score (nSPS) is 32.4. The van der Waals surface area contributed by atoms with Gasteiger partial charge in [-0.15, -0.1) is 23.1 Å². The van der Waals surface area contributed by atoms with E-state index in [1.54, 1.807) is 37.3 Å². The minimum atomic E-state index is -1.01. The van der Waals surface area contributed by atoms with Crippen LogP contribution in [0.3, 0.4) is 0 Å². The van der Waals surface area contributed by atoms with Crippen LogP contribution in [-0.4, -0.2) is 58.8 Å². The number of aromatic nitrogens is 1. The predicted molar refractivity (Wildman–Crippen MR) is 132 cm³/mol. The molecular weight excluding hydrogens is 508 g/mol. The maximum atomic E-state index is 13.4. The van der Waals surface area contributed by atoms with Crippen molar-refractivity contribution in [2.24, 2.45) is 29.6 Å². The molecule has 6 rings (SSSR count). The number of carboxylic acid groups (broad SMARTS) is 1. The number of benzene rings is 1. The summed E-state index contributed by atoms with van der Waals surface area (Å²) >= 11 is 8.83. The molecule has 3 heterocycles. The number of carbonyl (C=O) groups is 3. The van der Waals surface area contributed by atoms with E-state index in [0.717, 1.165) is 21.9 Å². The molecule has 3 fully saturated rings. The Bertz CT molecular complexity index is 1300. The number of nitrogens with one attached hydrogen (secondary N) is 1. The van der Waals surface area contributed by atoms with Gasteiger partial charge in [0.1, 0.15) is 0 Å². The summed E-state index contributed by atoms with van der Waals surface area (Å²) in [6.45, 7) is -0.0541. The van der Waals surface area contributed by atoms with Gasteiger partial charge in [0.25, 0.3) is 0 Å². The number of carboxylic acids is 1. The summed E-state index contributed by atoms with van der Waals surface area (Å²) in [5.74, 6) is -0.538. The summed E-state index contributed by atoms with van der Waals surface area (Å²) in [7, 11) is 3.22. The van der Waals surface area contributed by atoms with Crippen LogP contribution in [0.4, 0.5) is 0 Å². The molecule has 11 heteroatoms. The van der Waals surface area contributed by atoms with E-state index >= 15 is 0 Å². The molecule has 184 valence electrons. The van der Waals surface area contributed by atoms with E-state index in [2.05, 4.69) is 11.1 Å². The van der Waals surface area contributed by atoms with E-state index in [-0.39, 0.29) is 65.5 Å². The molecule has 2 aliphatic carbocycles. The van der Waals surface area contributed by atoms with Crippen LogP contribution < -0.4 is 9.47 Å². The Hall–Kier alpha value is -2.37. The summed E-state index contributed by atoms with van der Waals surface area (Å²) in [6, 6.07) is 5.97. The van der Waals surface area contributed by atoms with E-state index in [1.165, 1.54) is 4.90 Å². The third-order valence-electron chi connectivity index (χ3n) is 8.13. The first kappa shape index (κ1) is 23.1. The highest BCUT2D eigenvalue weighted by Crippen LogP contribution is 2.68. The van der Waals surface area contributed by atoms with Crippen molar-refractivity contribution in [2.75, 3.05) is 20.8 Å². The fraction of sp³-hybridized carbons (Fsp3) is 0.500. The molecule has 2 amide bonds. The fourth-order valence-electron chi connectivity index (χ4n) is 6.93. The molecule has 2 N–H and O–H groups in total. The molecule has 7 atom stereocenters. The zero-order valence-electron chi connectivity index (χ0n) is 19.1. The summed E-state index contributed by atoms with van der Waals surface area (Å²) < 4.78 is 11.7. The van der Waals surface area contributed by atoms with Gasteiger partial charge >= 0.3 is 5.97 Å². The number of hydrogen-bond donors (Lipinski definition) is 2. The van der Waals surface area contributed by atoms with Crippen molar-refractivity contribution in [2.45, 2.75) is 29.0 Å². The van der Waals surface area contributed by atoms with Gasteiger partial charge in [0.2, 0.25) is 11.8 Å². The summed E-state index contributed by atoms with van der Waals surface area (Å²) in [4.78, 5) is 43.5. The van der Waals surface area contributed by atoms with Gasteiger partial charge in [-0.1, -0.05) is 6.07 Å². The van der Waals surface area contributed by atoms with Crippen molar-refractivity contribution in [3.63, 3.8) is 0 Å². The maximum Gasteiger partial charge on any atom is 0.305 e. The molecule has 2 saturated carbocycles. The van der Waals surface area contributed by atoms with Crippen molar-refractivity contribution in [1.82, 2.24) is 9.88 Å². The third-order valence-corrected chi connectivity index (χ3v) is 11.1. The monoisotopic (exact) mass is 532 g/mol. The molecule has 2 aromatic rings. The van der Waals surface area contributed by atoms with E-state index in [9.17, 15) is 14.4 Å². The third kappa shape index (κ3) is 3.31. The lowest BCUT2D eigenvalue weighted by atomic mass is 9.68. The number of fused-ring (bicyclic) bond motifs is 9. The SMILES string of the molecule is COc1ccc(C2c3sc(=S)[nH]c3SC3C4CC(C5C(=O)N(CCC(=O)O)C(=O)C45)C23)cc1OC. The molecule has 8 nitrogen and oxygen atoms in total. The zero-order chi connectivity index (χ0) is 24.6. The average Bonchev–Trinajstić information content (AvgIpc) is 3.56. The molecule has 2 aliphatic heterocycles. The Morgan fingerprint density at radius 1 is 1.17 bits per heavy atom. The molecule has 2 bridgehead atoms. The van der Waals surface area contributed by atoms with Gasteiger partial charge < -0.3 is 19.6 Å². The minimum Gasteiger partial charge on any atom is -0.493 e. The van der Waals surface area contributed by atoms with Gasteiger partial charge in [-0.25, -0.2) is 0 Å². The topological polar surface area (TPSA) is 109 Å². The number of aliphatic carboxylic acids is 1. The van der Waals surface area contributed by atoms with Gasteiger partial charge in [0.05, 0.1) is 37.5 Å². The lowest BCUT2D eigenvalue weighted by Gasteiger charge is -2.43. The maximum absolute atomic E-state index is 13.4. The van der Waals surface area contributed by atoms with E-state index < -0.39 is 5.97 Å². The molecule has 4 aliphatic rings. The van der Waals surface area contributed by atoms with Crippen molar-refractivity contribution in [3.05, 3.63) is 32.6 Å². The van der Waals surface area contributed by atoms with E-state index in [0.29, 0.717) is 15.5 Å². The van der Waals surface area contributed by atoms with Gasteiger partial charge in [0, 0.05) is 22.6 Å². The van der Waals surface area contributed by atoms with Crippen LogP contribution >= 0.6 is 35.3 Å². The van der Waals surface area contributed by atoms with Crippen molar-refractivity contribution < 1.29 is 29.0 Å². The second-order valence-electron chi connectivity index (χ2n) is 9.55. The van der Waals surface area contributed by atoms with E-state index in [4.69, 9.17) is 26.8 Å². The number of thioether (sulfide) groups is 1. The minimum absolute atomic E-state index is 0.0147. The summed E-state index contributed by atoms with van der Waals surface area (Å²) in [5.41, 5.74) is 1.08. The molecule has 0 spiro atoms. The molecule has 0 radical (unpaired) electrons. The molecule has 35 heavy (non-hydrogen) atoms. The fourth-order valence-corrected chi connectivity index (χ4v) is 10.3. The Balaban J connectivity index is 1.42. The number of aromatic amines is 1. The molecule has 1 saturated heterocycles. The predicted octanol–water partition coefficient (Wildman–Crippen LogP) is 3.77. The van der Waals surface area contributed by atoms with Crippen LogP contribution in [0.1, 0.15) is 29.2 Å². The number of hydrogen-bond acceptors (Lipinski definition) is 8. The number of H-pyrrole nitrogens is 1. The Kier molecular flexibility index (Phi) is 5.50. The number of nitrogens with zero attached hydrogens (tertiary/aromatic N) is 1. The van der Waals surface area contributed by atoms with Crippen LogP contribution in [0.5, 0.6) is 11.5 Å². The lowest BCUT2D eigenvalue weighted by Crippen LogP contribution is -2.42. The second-order valence-corrected chi connectivity index (χ2v) is 12.5. The van der Waals surface area contributed by atoms with E-state index in [1.807, 2.05) is 12.1 Å². The first-order valence-electron chi connectivity index (χ1n) is 11.5. The lowest BCUT2D eigenvalue weighted by molar-refractivity contribution is -0.142. The number of amides is 2. The molecule has 1 aromatic carbocycles. The molecular formula is C24H24N2O6S3. The Morgan fingerprint density at radius 3 is 2.57 bits per heavy atom. The standard InChI is InChI=1S/C24H24N2O6S3/c1-31-12-4-3-9(7-13(12)32-2)15-16-10-8-11(19(16)34-21-20(15)35-24(33)25-21)18-17(10)22(29)26(23(18)30)6-5-14(27)28/h3-4,7,10-11,15-19H,5-6,8H2,1-2H3,(H,25,33)(H,27,28). The van der Waals surface area contributed by atoms with Crippen LogP contribution in [0.2, 0.25) is 0 Å². The highest BCUT2D eigenvalue weighted by molar-refractivity contribution is 8.00. The van der Waals surface area contributed by atoms with Crippen LogP contribution in [0.15, 0.2) is 23.2 Å². The van der Waals surface area contributed by atoms with Crippen LogP contribution in [-0.2, 0) is 14.4 Å². The van der Waals surface area contributed by atoms with Gasteiger partial charge in [-0.2, -0.15) is 0 Å². The number of ether oxygens (including phenoxy) is 2. The summed E-state index contributed by atoms with van der Waals surface area (Å²) in [6.07, 6.45) is 0.608. The van der Waals surface area contributed by atoms with Crippen molar-refractivity contribution in [3.8, 4) is 11.5 Å². The average molecular weight is 533 g/mol. The first-order chi connectivity index (χ1) is 16.8. The molecule has 1 aromatic heterocycles. The van der Waals surface area contributed by atoms with Gasteiger partial charge in [-0.05, 0) is 54.1 Å². The van der Waals surface area contributed by atoms with Crippen molar-refractivity contribution >= 4 is 53.1 Å². The number of methoxy groups -OCH3 is 2. The van der Waals surface area contributed by atoms with Crippen molar-refractivity contribution in [1.29, 1.82) is 0 Å². The number of likely N-dealkylation sites (tertiary alicyclic amines) is 1. The Labute approximate surface area is 215 Å². The highest BCUT2D eigenvalue weighted by Gasteiger charge is 2.69. The van der Waals surface area contributed by atoms with Gasteiger partial charge in [-0.3, -0.25) is 19.3 Å². The quantitative estimate of drug-likeness (QED) is 0.428. The number of thiazole rings is 1. The second kappa shape index (κ2) is 8.35. The first-order valence-corrected chi connectivity index (χ1v) is 13.6. The number of carbonyl (C=O) groups excluding carboxylic acids is 2. The van der Waals surface area contributed by atoms with Crippen LogP contribution in [0.25, 0.3) is 0 Å². The molecule has 7 unspecified atom stereocenters. The van der Waals surface area contributed by atoms with Gasteiger partial charge in [0.15, 0.2) is 15.5 Å². The largest absolute Gasteiger partial charge is 0.493 e. The number of imide groups is 1. The van der Waals surface area contributed by atoms with Crippen LogP contribution in [0, 0.1) is 33.5 Å². The Morgan fingerprint density at radius 2 is 1.89 bits per heavy atom. The highest BCUT2D eigenvalue weighted by atomic mass is 32.2. The smallest absolute Gasteiger partial charge is 0.305 e. The summed E-state index contributed by atoms with van der Waals surface area (Å²) in [5, 5.41) is 10.3.